The van der Waals surface area contributed by atoms with E-state index in [0.29, 0.717) is 6.42 Å². The molecule has 54 valence electrons. The summed E-state index contributed by atoms with van der Waals surface area (Å²) < 4.78 is 0. The summed E-state index contributed by atoms with van der Waals surface area (Å²) in [5.41, 5.74) is 5.48. The van der Waals surface area contributed by atoms with Crippen molar-refractivity contribution in [3.05, 3.63) is 0 Å². The standard InChI is InChI=1S/C6H13NO2/c7-5-2-1-4(8)3-6(5)9/h4-6,8-9H,1-3,7H2/t4-,5+,6-/m1/s1. The van der Waals surface area contributed by atoms with Crippen molar-refractivity contribution in [1.29, 1.82) is 0 Å². The zero-order chi connectivity index (χ0) is 6.85. The average molecular weight is 131 g/mol. The molecule has 3 heteroatoms. The lowest BCUT2D eigenvalue weighted by molar-refractivity contribution is 0.0273. The molecule has 0 unspecified atom stereocenters. The van der Waals surface area contributed by atoms with E-state index in [1.165, 1.54) is 0 Å². The highest BCUT2D eigenvalue weighted by atomic mass is 16.3. The van der Waals surface area contributed by atoms with E-state index in [4.69, 9.17) is 15.9 Å². The zero-order valence-corrected chi connectivity index (χ0v) is 5.33. The van der Waals surface area contributed by atoms with E-state index >= 15 is 0 Å². The Bertz CT molecular complexity index is 97.1. The summed E-state index contributed by atoms with van der Waals surface area (Å²) in [7, 11) is 0. The van der Waals surface area contributed by atoms with Crippen LogP contribution in [-0.2, 0) is 0 Å². The largest absolute Gasteiger partial charge is 0.393 e. The Balaban J connectivity index is 2.35. The minimum atomic E-state index is -0.492. The topological polar surface area (TPSA) is 66.5 Å². The van der Waals surface area contributed by atoms with Gasteiger partial charge in [-0.1, -0.05) is 0 Å². The van der Waals surface area contributed by atoms with E-state index in [1.54, 1.807) is 0 Å². The van der Waals surface area contributed by atoms with Crippen molar-refractivity contribution in [2.24, 2.45) is 5.73 Å². The van der Waals surface area contributed by atoms with Crippen LogP contribution in [0.15, 0.2) is 0 Å². The fourth-order valence-corrected chi connectivity index (χ4v) is 1.15. The van der Waals surface area contributed by atoms with Gasteiger partial charge in [-0.25, -0.2) is 0 Å². The van der Waals surface area contributed by atoms with Crippen LogP contribution in [0.2, 0.25) is 0 Å². The highest BCUT2D eigenvalue weighted by Crippen LogP contribution is 2.16. The van der Waals surface area contributed by atoms with Gasteiger partial charge in [-0.2, -0.15) is 0 Å². The second-order valence-electron chi connectivity index (χ2n) is 2.70. The lowest BCUT2D eigenvalue weighted by Gasteiger charge is -2.27. The summed E-state index contributed by atoms with van der Waals surface area (Å²) >= 11 is 0. The van der Waals surface area contributed by atoms with Gasteiger partial charge in [0.05, 0.1) is 12.2 Å². The number of hydrogen-bond donors (Lipinski definition) is 3. The first-order valence-corrected chi connectivity index (χ1v) is 3.32. The monoisotopic (exact) mass is 131 g/mol. The van der Waals surface area contributed by atoms with Crippen LogP contribution in [-0.4, -0.2) is 28.5 Å². The van der Waals surface area contributed by atoms with Crippen LogP contribution in [0.4, 0.5) is 0 Å². The lowest BCUT2D eigenvalue weighted by Crippen LogP contribution is -2.41. The van der Waals surface area contributed by atoms with Gasteiger partial charge in [0.25, 0.3) is 0 Å². The van der Waals surface area contributed by atoms with Crippen LogP contribution in [0.5, 0.6) is 0 Å². The van der Waals surface area contributed by atoms with Crippen LogP contribution < -0.4 is 5.73 Å². The Morgan fingerprint density at radius 3 is 2.33 bits per heavy atom. The second-order valence-corrected chi connectivity index (χ2v) is 2.70. The molecule has 0 aromatic rings. The number of aliphatic hydroxyl groups excluding tert-OH is 2. The summed E-state index contributed by atoms with van der Waals surface area (Å²) in [6, 6.07) is -0.117. The van der Waals surface area contributed by atoms with E-state index in [0.717, 1.165) is 12.8 Å². The van der Waals surface area contributed by atoms with E-state index < -0.39 is 6.10 Å². The summed E-state index contributed by atoms with van der Waals surface area (Å²) in [5, 5.41) is 18.0. The maximum absolute atomic E-state index is 9.06. The molecule has 9 heavy (non-hydrogen) atoms. The van der Waals surface area contributed by atoms with Gasteiger partial charge >= 0.3 is 0 Å². The first kappa shape index (κ1) is 6.99. The van der Waals surface area contributed by atoms with E-state index in [1.807, 2.05) is 0 Å². The molecule has 1 fully saturated rings. The Hall–Kier alpha value is -0.120. The number of aliphatic hydroxyl groups is 2. The van der Waals surface area contributed by atoms with Crippen LogP contribution in [0.25, 0.3) is 0 Å². The molecule has 1 aliphatic rings. The third-order valence-electron chi connectivity index (χ3n) is 1.84. The van der Waals surface area contributed by atoms with Gasteiger partial charge in [-0.15, -0.1) is 0 Å². The maximum atomic E-state index is 9.06. The third kappa shape index (κ3) is 1.64. The molecule has 4 N–H and O–H groups in total. The van der Waals surface area contributed by atoms with Crippen molar-refractivity contribution < 1.29 is 10.2 Å². The SMILES string of the molecule is N[C@H]1CC[C@@H](O)C[C@H]1O. The molecule has 0 spiro atoms. The van der Waals surface area contributed by atoms with Crippen molar-refractivity contribution in [2.45, 2.75) is 37.5 Å². The Morgan fingerprint density at radius 1 is 1.22 bits per heavy atom. The van der Waals surface area contributed by atoms with Gasteiger partial charge in [0.1, 0.15) is 0 Å². The molecule has 0 amide bonds. The summed E-state index contributed by atoms with van der Waals surface area (Å²) in [4.78, 5) is 0. The molecule has 3 nitrogen and oxygen atoms in total. The fraction of sp³-hybridized carbons (Fsp3) is 1.00. The number of hydrogen-bond acceptors (Lipinski definition) is 3. The first-order chi connectivity index (χ1) is 4.20. The average Bonchev–Trinajstić information content (AvgIpc) is 1.80. The quantitative estimate of drug-likeness (QED) is 0.404. The molecule has 0 aromatic heterocycles. The van der Waals surface area contributed by atoms with Gasteiger partial charge in [0.15, 0.2) is 0 Å². The molecule has 3 atom stereocenters. The molecule has 1 aliphatic carbocycles. The Morgan fingerprint density at radius 2 is 1.89 bits per heavy atom. The summed E-state index contributed by atoms with van der Waals surface area (Å²) in [6.45, 7) is 0. The highest BCUT2D eigenvalue weighted by Gasteiger charge is 2.24. The number of nitrogens with two attached hydrogens (primary N) is 1. The van der Waals surface area contributed by atoms with Crippen LogP contribution in [0.1, 0.15) is 19.3 Å². The predicted octanol–water partition coefficient (Wildman–Crippen LogP) is -0.781. The van der Waals surface area contributed by atoms with Crippen molar-refractivity contribution in [3.63, 3.8) is 0 Å². The zero-order valence-electron chi connectivity index (χ0n) is 5.33. The van der Waals surface area contributed by atoms with Crippen LogP contribution >= 0.6 is 0 Å². The Labute approximate surface area is 54.5 Å². The van der Waals surface area contributed by atoms with Gasteiger partial charge in [0, 0.05) is 12.5 Å². The van der Waals surface area contributed by atoms with E-state index in [9.17, 15) is 0 Å². The molecule has 0 aromatic carbocycles. The first-order valence-electron chi connectivity index (χ1n) is 3.32. The summed E-state index contributed by atoms with van der Waals surface area (Å²) in [6.07, 6.45) is 1.09. The minimum absolute atomic E-state index is 0.117. The van der Waals surface area contributed by atoms with Gasteiger partial charge in [-0.05, 0) is 12.8 Å². The molecule has 1 saturated carbocycles. The van der Waals surface area contributed by atoms with Crippen molar-refractivity contribution in [3.8, 4) is 0 Å². The molecule has 0 saturated heterocycles. The number of rotatable bonds is 0. The molecular weight excluding hydrogens is 118 g/mol. The molecular formula is C6H13NO2. The van der Waals surface area contributed by atoms with E-state index in [-0.39, 0.29) is 12.1 Å². The van der Waals surface area contributed by atoms with Crippen molar-refractivity contribution in [1.82, 2.24) is 0 Å². The lowest BCUT2D eigenvalue weighted by atomic mass is 9.91. The highest BCUT2D eigenvalue weighted by molar-refractivity contribution is 4.81. The van der Waals surface area contributed by atoms with E-state index in [2.05, 4.69) is 0 Å². The summed E-state index contributed by atoms with van der Waals surface area (Å²) in [5.74, 6) is 0. The second kappa shape index (κ2) is 2.64. The van der Waals surface area contributed by atoms with Crippen LogP contribution in [0, 0.1) is 0 Å². The predicted molar refractivity (Wildman–Crippen MR) is 33.8 cm³/mol. The molecule has 0 bridgehead atoms. The van der Waals surface area contributed by atoms with Gasteiger partial charge in [-0.3, -0.25) is 0 Å². The van der Waals surface area contributed by atoms with Gasteiger partial charge < -0.3 is 15.9 Å². The van der Waals surface area contributed by atoms with Crippen molar-refractivity contribution in [2.75, 3.05) is 0 Å². The third-order valence-corrected chi connectivity index (χ3v) is 1.84. The Kier molecular flexibility index (Phi) is 2.05. The van der Waals surface area contributed by atoms with Gasteiger partial charge in [0.2, 0.25) is 0 Å². The molecule has 1 rings (SSSR count). The van der Waals surface area contributed by atoms with Crippen LogP contribution in [0.3, 0.4) is 0 Å². The molecule has 0 aliphatic heterocycles. The smallest absolute Gasteiger partial charge is 0.0715 e. The minimum Gasteiger partial charge on any atom is -0.393 e. The normalized spacial score (nSPS) is 45.0. The fourth-order valence-electron chi connectivity index (χ4n) is 1.15. The van der Waals surface area contributed by atoms with Crippen molar-refractivity contribution >= 4 is 0 Å². The molecule has 0 radical (unpaired) electrons. The maximum Gasteiger partial charge on any atom is 0.0715 e. The molecule has 0 heterocycles.